The third-order valence-electron chi connectivity index (χ3n) is 3.94. The van der Waals surface area contributed by atoms with Crippen LogP contribution in [0.4, 0.5) is 0 Å². The molecule has 7 nitrogen and oxygen atoms in total. The van der Waals surface area contributed by atoms with E-state index >= 15 is 0 Å². The molecule has 0 saturated carbocycles. The Morgan fingerprint density at radius 2 is 2.04 bits per heavy atom. The molecule has 0 N–H and O–H groups in total. The van der Waals surface area contributed by atoms with Gasteiger partial charge in [0, 0.05) is 13.1 Å². The van der Waals surface area contributed by atoms with Crippen LogP contribution in [0, 0.1) is 0 Å². The fourth-order valence-electron chi connectivity index (χ4n) is 2.75. The molecular formula is C16H19N5O2S. The molecule has 1 fully saturated rings. The number of nitrogens with zero attached hydrogens (tertiary/aromatic N) is 5. The van der Waals surface area contributed by atoms with Gasteiger partial charge in [0.05, 0.1) is 31.9 Å². The maximum atomic E-state index is 5.71. The third kappa shape index (κ3) is 3.00. The van der Waals surface area contributed by atoms with Crippen LogP contribution >= 0.6 is 11.3 Å². The number of benzene rings is 1. The highest BCUT2D eigenvalue weighted by Crippen LogP contribution is 2.33. The Labute approximate surface area is 143 Å². The molecule has 8 heteroatoms. The molecule has 0 bridgehead atoms. The van der Waals surface area contributed by atoms with Crippen molar-refractivity contribution in [3.8, 4) is 16.3 Å². The highest BCUT2D eigenvalue weighted by atomic mass is 32.1. The number of rotatable bonds is 5. The maximum absolute atomic E-state index is 5.71. The number of aromatic nitrogens is 4. The fraction of sp³-hybridized carbons (Fsp3) is 0.438. The first-order valence-electron chi connectivity index (χ1n) is 8.08. The van der Waals surface area contributed by atoms with Crippen molar-refractivity contribution >= 4 is 16.3 Å². The number of fused-ring (bicyclic) bond motifs is 1. The van der Waals surface area contributed by atoms with Gasteiger partial charge in [0.1, 0.15) is 5.75 Å². The topological polar surface area (TPSA) is 64.8 Å². The molecule has 0 spiro atoms. The lowest BCUT2D eigenvalue weighted by molar-refractivity contribution is 0.0328. The summed E-state index contributed by atoms with van der Waals surface area (Å²) >= 11 is 1.53. The Balaban J connectivity index is 1.64. The number of ether oxygens (including phenoxy) is 2. The molecule has 0 unspecified atom stereocenters. The van der Waals surface area contributed by atoms with E-state index in [2.05, 4.69) is 15.1 Å². The normalized spacial score (nSPS) is 15.9. The van der Waals surface area contributed by atoms with E-state index in [1.54, 1.807) is 0 Å². The van der Waals surface area contributed by atoms with E-state index in [4.69, 9.17) is 14.6 Å². The van der Waals surface area contributed by atoms with Gasteiger partial charge >= 0.3 is 0 Å². The average molecular weight is 345 g/mol. The first-order chi connectivity index (χ1) is 11.8. The number of hydrogen-bond donors (Lipinski definition) is 0. The molecule has 0 aliphatic carbocycles. The van der Waals surface area contributed by atoms with Gasteiger partial charge in [0.2, 0.25) is 4.96 Å². The zero-order chi connectivity index (χ0) is 16.4. The predicted octanol–water partition coefficient (Wildman–Crippen LogP) is 2.08. The first kappa shape index (κ1) is 15.5. The Bertz CT molecular complexity index is 825. The van der Waals surface area contributed by atoms with Gasteiger partial charge in [-0.1, -0.05) is 23.5 Å². The minimum absolute atomic E-state index is 0.628. The average Bonchev–Trinajstić information content (AvgIpc) is 3.19. The van der Waals surface area contributed by atoms with E-state index in [-0.39, 0.29) is 0 Å². The van der Waals surface area contributed by atoms with Gasteiger partial charge in [-0.05, 0) is 19.1 Å². The molecule has 2 aromatic heterocycles. The minimum Gasteiger partial charge on any atom is -0.493 e. The van der Waals surface area contributed by atoms with Gasteiger partial charge in [-0.25, -0.2) is 0 Å². The molecule has 126 valence electrons. The Morgan fingerprint density at radius 1 is 1.21 bits per heavy atom. The summed E-state index contributed by atoms with van der Waals surface area (Å²) < 4.78 is 13.0. The molecule has 4 rings (SSSR count). The zero-order valence-corrected chi connectivity index (χ0v) is 14.3. The van der Waals surface area contributed by atoms with E-state index in [1.807, 2.05) is 35.7 Å². The summed E-state index contributed by atoms with van der Waals surface area (Å²) in [6.45, 7) is 6.72. The van der Waals surface area contributed by atoms with Crippen LogP contribution in [-0.2, 0) is 11.3 Å². The first-order valence-corrected chi connectivity index (χ1v) is 8.90. The number of para-hydroxylation sites is 1. The number of hydrogen-bond acceptors (Lipinski definition) is 7. The van der Waals surface area contributed by atoms with Gasteiger partial charge in [-0.3, -0.25) is 4.90 Å². The molecule has 1 aliphatic heterocycles. The van der Waals surface area contributed by atoms with Crippen LogP contribution in [0.5, 0.6) is 5.75 Å². The third-order valence-corrected chi connectivity index (χ3v) is 4.87. The Morgan fingerprint density at radius 3 is 2.88 bits per heavy atom. The molecular weight excluding hydrogens is 326 g/mol. The summed E-state index contributed by atoms with van der Waals surface area (Å²) in [5.41, 5.74) is 0.993. The van der Waals surface area contributed by atoms with Crippen LogP contribution < -0.4 is 4.74 Å². The van der Waals surface area contributed by atoms with Crippen LogP contribution in [0.2, 0.25) is 0 Å². The van der Waals surface area contributed by atoms with E-state index < -0.39 is 0 Å². The second-order valence-electron chi connectivity index (χ2n) is 5.54. The second-order valence-corrected chi connectivity index (χ2v) is 6.49. The summed E-state index contributed by atoms with van der Waals surface area (Å²) in [5, 5.41) is 14.2. The quantitative estimate of drug-likeness (QED) is 0.705. The largest absolute Gasteiger partial charge is 0.493 e. The minimum atomic E-state index is 0.628. The van der Waals surface area contributed by atoms with Crippen LogP contribution in [0.25, 0.3) is 15.5 Å². The maximum Gasteiger partial charge on any atom is 0.235 e. The number of morpholine rings is 1. The Kier molecular flexibility index (Phi) is 4.42. The Hall–Kier alpha value is -2.03. The van der Waals surface area contributed by atoms with E-state index in [0.29, 0.717) is 6.61 Å². The lowest BCUT2D eigenvalue weighted by Crippen LogP contribution is -2.36. The van der Waals surface area contributed by atoms with E-state index in [9.17, 15) is 0 Å². The van der Waals surface area contributed by atoms with Crippen LogP contribution in [-0.4, -0.2) is 57.6 Å². The van der Waals surface area contributed by atoms with Crippen molar-refractivity contribution in [2.24, 2.45) is 0 Å². The zero-order valence-electron chi connectivity index (χ0n) is 13.5. The van der Waals surface area contributed by atoms with Gasteiger partial charge in [-0.2, -0.15) is 9.61 Å². The molecule has 1 aliphatic rings. The van der Waals surface area contributed by atoms with Crippen molar-refractivity contribution in [2.45, 2.75) is 13.5 Å². The van der Waals surface area contributed by atoms with Crippen LogP contribution in [0.3, 0.4) is 0 Å². The molecule has 3 aromatic rings. The van der Waals surface area contributed by atoms with Crippen molar-refractivity contribution in [1.82, 2.24) is 24.7 Å². The van der Waals surface area contributed by atoms with Crippen LogP contribution in [0.15, 0.2) is 24.3 Å². The summed E-state index contributed by atoms with van der Waals surface area (Å²) in [5.74, 6) is 1.71. The second kappa shape index (κ2) is 6.84. The molecule has 24 heavy (non-hydrogen) atoms. The summed E-state index contributed by atoms with van der Waals surface area (Å²) in [4.78, 5) is 3.12. The van der Waals surface area contributed by atoms with Crippen molar-refractivity contribution < 1.29 is 9.47 Å². The standard InChI is InChI=1S/C16H19N5O2S/c1-2-23-13-6-4-3-5-12(13)15-19-21-14(17-18-16(21)24-15)11-20-7-9-22-10-8-20/h3-6H,2,7-11H2,1H3. The lowest BCUT2D eigenvalue weighted by atomic mass is 10.2. The smallest absolute Gasteiger partial charge is 0.235 e. The van der Waals surface area contributed by atoms with Gasteiger partial charge in [0.25, 0.3) is 0 Å². The highest BCUT2D eigenvalue weighted by Gasteiger charge is 2.18. The molecule has 0 atom stereocenters. The highest BCUT2D eigenvalue weighted by molar-refractivity contribution is 7.19. The van der Waals surface area contributed by atoms with Crippen molar-refractivity contribution in [3.63, 3.8) is 0 Å². The molecule has 1 aromatic carbocycles. The molecule has 0 amide bonds. The summed E-state index contributed by atoms with van der Waals surface area (Å²) in [7, 11) is 0. The van der Waals surface area contributed by atoms with E-state index in [1.165, 1.54) is 11.3 Å². The molecule has 3 heterocycles. The lowest BCUT2D eigenvalue weighted by Gasteiger charge is -2.25. The molecule has 0 radical (unpaired) electrons. The molecule has 1 saturated heterocycles. The van der Waals surface area contributed by atoms with Gasteiger partial charge in [-0.15, -0.1) is 10.2 Å². The fourth-order valence-corrected chi connectivity index (χ4v) is 3.64. The van der Waals surface area contributed by atoms with Crippen molar-refractivity contribution in [1.29, 1.82) is 0 Å². The van der Waals surface area contributed by atoms with Gasteiger partial charge < -0.3 is 9.47 Å². The van der Waals surface area contributed by atoms with Crippen molar-refractivity contribution in [3.05, 3.63) is 30.1 Å². The van der Waals surface area contributed by atoms with Crippen LogP contribution in [0.1, 0.15) is 12.7 Å². The van der Waals surface area contributed by atoms with Gasteiger partial charge in [0.15, 0.2) is 10.8 Å². The monoisotopic (exact) mass is 345 g/mol. The van der Waals surface area contributed by atoms with E-state index in [0.717, 1.165) is 60.0 Å². The SMILES string of the molecule is CCOc1ccccc1-c1nn2c(CN3CCOCC3)nnc2s1. The summed E-state index contributed by atoms with van der Waals surface area (Å²) in [6, 6.07) is 7.96. The van der Waals surface area contributed by atoms with Crippen molar-refractivity contribution in [2.75, 3.05) is 32.9 Å². The summed E-state index contributed by atoms with van der Waals surface area (Å²) in [6.07, 6.45) is 0. The predicted molar refractivity (Wildman–Crippen MR) is 91.4 cm³/mol.